The normalized spacial score (nSPS) is 21.0. The Balaban J connectivity index is 1.75. The number of methoxy groups -OCH3 is 1. The van der Waals surface area contributed by atoms with Gasteiger partial charge in [0.2, 0.25) is 5.88 Å². The highest BCUT2D eigenvalue weighted by atomic mass is 19.4. The molecular weight excluding hydrogens is 441 g/mol. The third kappa shape index (κ3) is 6.44. The number of piperidine rings is 1. The van der Waals surface area contributed by atoms with E-state index in [4.69, 9.17) is 9.47 Å². The number of hydrogen-bond donors (Lipinski definition) is 2. The number of hydrogen-bond acceptors (Lipinski definition) is 7. The number of carbonyl (C=O) groups is 1. The van der Waals surface area contributed by atoms with Crippen molar-refractivity contribution in [3.63, 3.8) is 0 Å². The Morgan fingerprint density at radius 1 is 1.30 bits per heavy atom. The molecule has 182 valence electrons. The lowest BCUT2D eigenvalue weighted by Gasteiger charge is -2.41. The van der Waals surface area contributed by atoms with E-state index < -0.39 is 36.1 Å². The summed E-state index contributed by atoms with van der Waals surface area (Å²) >= 11 is 0. The minimum absolute atomic E-state index is 0.0431. The first-order chi connectivity index (χ1) is 15.4. The van der Waals surface area contributed by atoms with Gasteiger partial charge in [-0.25, -0.2) is 9.78 Å². The number of alkyl carbamates (subject to hydrolysis) is 1. The third-order valence-electron chi connectivity index (χ3n) is 5.38. The highest BCUT2D eigenvalue weighted by molar-refractivity contribution is 5.78. The van der Waals surface area contributed by atoms with Gasteiger partial charge in [-0.15, -0.1) is 0 Å². The number of fused-ring (bicyclic) bond motifs is 1. The first-order valence-corrected chi connectivity index (χ1v) is 10.7. The van der Waals surface area contributed by atoms with Gasteiger partial charge in [0, 0.05) is 37.0 Å². The van der Waals surface area contributed by atoms with Crippen LogP contribution in [0.4, 0.5) is 18.0 Å². The van der Waals surface area contributed by atoms with Crippen molar-refractivity contribution in [1.82, 2.24) is 20.2 Å². The van der Waals surface area contributed by atoms with Gasteiger partial charge in [-0.05, 0) is 45.7 Å². The summed E-state index contributed by atoms with van der Waals surface area (Å²) in [5.74, 6) is 0.311. The number of halogens is 3. The lowest BCUT2D eigenvalue weighted by molar-refractivity contribution is -0.196. The predicted molar refractivity (Wildman–Crippen MR) is 115 cm³/mol. The van der Waals surface area contributed by atoms with Crippen LogP contribution in [0.5, 0.6) is 5.88 Å². The van der Waals surface area contributed by atoms with Crippen molar-refractivity contribution in [2.75, 3.05) is 20.2 Å². The van der Waals surface area contributed by atoms with E-state index in [-0.39, 0.29) is 19.5 Å². The summed E-state index contributed by atoms with van der Waals surface area (Å²) in [6.07, 6.45) is -5.07. The summed E-state index contributed by atoms with van der Waals surface area (Å²) in [5, 5.41) is 13.4. The van der Waals surface area contributed by atoms with Gasteiger partial charge in [0.25, 0.3) is 0 Å². The number of rotatable bonds is 5. The largest absolute Gasteiger partial charge is 0.481 e. The molecule has 2 N–H and O–H groups in total. The summed E-state index contributed by atoms with van der Waals surface area (Å²) in [6, 6.07) is 2.32. The average molecular weight is 470 g/mol. The van der Waals surface area contributed by atoms with Crippen LogP contribution in [0.25, 0.3) is 11.0 Å². The molecule has 1 fully saturated rings. The predicted octanol–water partition coefficient (Wildman–Crippen LogP) is 3.59. The molecule has 2 aromatic heterocycles. The molecule has 2 aromatic rings. The van der Waals surface area contributed by atoms with Crippen LogP contribution in [-0.2, 0) is 4.74 Å². The molecule has 3 atom stereocenters. The van der Waals surface area contributed by atoms with Gasteiger partial charge in [0.15, 0.2) is 0 Å². The Morgan fingerprint density at radius 3 is 2.67 bits per heavy atom. The van der Waals surface area contributed by atoms with Gasteiger partial charge in [-0.1, -0.05) is 0 Å². The maximum atomic E-state index is 13.9. The van der Waals surface area contributed by atoms with E-state index in [1.54, 1.807) is 39.0 Å². The van der Waals surface area contributed by atoms with Crippen LogP contribution >= 0.6 is 0 Å². The van der Waals surface area contributed by atoms with E-state index in [1.807, 2.05) is 0 Å². The second kappa shape index (κ2) is 9.68. The average Bonchev–Trinajstić information content (AvgIpc) is 2.71. The lowest BCUT2D eigenvalue weighted by atomic mass is 9.95. The molecule has 0 spiro atoms. The van der Waals surface area contributed by atoms with Crippen molar-refractivity contribution >= 4 is 17.1 Å². The van der Waals surface area contributed by atoms with E-state index in [2.05, 4.69) is 15.3 Å². The zero-order valence-corrected chi connectivity index (χ0v) is 19.0. The second-order valence-corrected chi connectivity index (χ2v) is 9.06. The van der Waals surface area contributed by atoms with Gasteiger partial charge in [-0.2, -0.15) is 13.2 Å². The minimum atomic E-state index is -4.53. The Morgan fingerprint density at radius 2 is 2.03 bits per heavy atom. The third-order valence-corrected chi connectivity index (χ3v) is 5.38. The number of nitrogens with one attached hydrogen (secondary N) is 1. The Kier molecular flexibility index (Phi) is 7.32. The van der Waals surface area contributed by atoms with Gasteiger partial charge in [0.05, 0.1) is 24.2 Å². The molecule has 0 bridgehead atoms. The van der Waals surface area contributed by atoms with E-state index in [9.17, 15) is 23.1 Å². The minimum Gasteiger partial charge on any atom is -0.481 e. The molecule has 1 aliphatic rings. The van der Waals surface area contributed by atoms with Crippen LogP contribution < -0.4 is 10.1 Å². The van der Waals surface area contributed by atoms with Crippen molar-refractivity contribution < 1.29 is 32.5 Å². The Labute approximate surface area is 190 Å². The van der Waals surface area contributed by atoms with E-state index >= 15 is 0 Å². The lowest BCUT2D eigenvalue weighted by Crippen LogP contribution is -2.56. The van der Waals surface area contributed by atoms with Crippen LogP contribution in [-0.4, -0.2) is 70.1 Å². The number of β-amino-alcohol motifs (C(OH)–C–C–N with tert-alkyl or cyclic N) is 1. The maximum absolute atomic E-state index is 13.9. The SMILES string of the molecule is COc1ccc2nccc([C@@H](O)CN3CC[C@@H](NC(=O)OC(C)(C)C)C[C@H]3C(F)(F)F)c2n1. The number of amides is 1. The van der Waals surface area contributed by atoms with Crippen LogP contribution in [0.3, 0.4) is 0 Å². The Bertz CT molecular complexity index is 980. The molecule has 11 heteroatoms. The van der Waals surface area contributed by atoms with Crippen LogP contribution in [0.2, 0.25) is 0 Å². The molecule has 1 amide bonds. The van der Waals surface area contributed by atoms with Crippen molar-refractivity contribution in [3.05, 3.63) is 30.0 Å². The van der Waals surface area contributed by atoms with E-state index in [1.165, 1.54) is 18.2 Å². The number of nitrogens with zero attached hydrogens (tertiary/aromatic N) is 3. The van der Waals surface area contributed by atoms with Gasteiger partial charge in [0.1, 0.15) is 11.6 Å². The standard InChI is InChI=1S/C22H29F3N4O4/c1-21(2,3)33-20(31)27-13-8-10-29(17(11-13)22(23,24)25)12-16(30)14-7-9-26-15-5-6-18(32-4)28-19(14)15/h5-7,9,13,16-17,30H,8,10-12H2,1-4H3,(H,27,31)/t13-,16+,17+/m1/s1. The molecule has 0 radical (unpaired) electrons. The van der Waals surface area contributed by atoms with Crippen LogP contribution in [0, 0.1) is 0 Å². The van der Waals surface area contributed by atoms with Crippen molar-refractivity contribution in [2.24, 2.45) is 0 Å². The maximum Gasteiger partial charge on any atom is 0.407 e. The number of alkyl halides is 3. The topological polar surface area (TPSA) is 96.8 Å². The number of aromatic nitrogens is 2. The van der Waals surface area contributed by atoms with Crippen LogP contribution in [0.15, 0.2) is 24.4 Å². The first-order valence-electron chi connectivity index (χ1n) is 10.7. The van der Waals surface area contributed by atoms with Crippen LogP contribution in [0.1, 0.15) is 45.3 Å². The summed E-state index contributed by atoms with van der Waals surface area (Å²) in [6.45, 7) is 4.84. The molecule has 3 heterocycles. The molecule has 3 rings (SSSR count). The van der Waals surface area contributed by atoms with Gasteiger partial charge >= 0.3 is 12.3 Å². The number of aliphatic hydroxyl groups excluding tert-OH is 1. The summed E-state index contributed by atoms with van der Waals surface area (Å²) in [5.41, 5.74) is 0.491. The molecule has 8 nitrogen and oxygen atoms in total. The monoisotopic (exact) mass is 470 g/mol. The fraction of sp³-hybridized carbons (Fsp3) is 0.591. The second-order valence-electron chi connectivity index (χ2n) is 9.06. The number of aliphatic hydroxyl groups is 1. The molecule has 1 saturated heterocycles. The van der Waals surface area contributed by atoms with Gasteiger partial charge < -0.3 is 19.9 Å². The van der Waals surface area contributed by atoms with Crippen molar-refractivity contribution in [3.8, 4) is 5.88 Å². The number of carbonyl (C=O) groups excluding carboxylic acids is 1. The van der Waals surface area contributed by atoms with Crippen molar-refractivity contribution in [2.45, 2.75) is 63.6 Å². The number of likely N-dealkylation sites (tertiary alicyclic amines) is 1. The molecule has 0 aliphatic carbocycles. The smallest absolute Gasteiger partial charge is 0.407 e. The highest BCUT2D eigenvalue weighted by Gasteiger charge is 2.47. The molecule has 0 aromatic carbocycles. The molecule has 33 heavy (non-hydrogen) atoms. The zero-order valence-electron chi connectivity index (χ0n) is 19.0. The summed E-state index contributed by atoms with van der Waals surface area (Å²) in [7, 11) is 1.45. The summed E-state index contributed by atoms with van der Waals surface area (Å²) in [4.78, 5) is 21.7. The fourth-order valence-corrected chi connectivity index (χ4v) is 3.91. The number of ether oxygens (including phenoxy) is 2. The molecular formula is C22H29F3N4O4. The Hall–Kier alpha value is -2.66. The summed E-state index contributed by atoms with van der Waals surface area (Å²) < 4.78 is 51.9. The fourth-order valence-electron chi connectivity index (χ4n) is 3.91. The molecule has 0 unspecified atom stereocenters. The highest BCUT2D eigenvalue weighted by Crippen LogP contribution is 2.34. The molecule has 0 saturated carbocycles. The number of pyridine rings is 2. The van der Waals surface area contributed by atoms with Crippen molar-refractivity contribution in [1.29, 1.82) is 0 Å². The quantitative estimate of drug-likeness (QED) is 0.689. The van der Waals surface area contributed by atoms with E-state index in [0.717, 1.165) is 0 Å². The van der Waals surface area contributed by atoms with E-state index in [0.29, 0.717) is 28.9 Å². The zero-order chi connectivity index (χ0) is 24.4. The molecule has 1 aliphatic heterocycles. The van der Waals surface area contributed by atoms with Gasteiger partial charge in [-0.3, -0.25) is 9.88 Å². The first kappa shape index (κ1) is 25.0.